The molecule has 0 amide bonds. The minimum atomic E-state index is -0.716. The third-order valence-electron chi connectivity index (χ3n) is 4.17. The summed E-state index contributed by atoms with van der Waals surface area (Å²) in [5.41, 5.74) is 8.90. The second kappa shape index (κ2) is 7.35. The molecule has 0 spiro atoms. The number of nitrogens with one attached hydrogen (secondary N) is 1. The molecule has 2 N–H and O–H groups in total. The molecule has 0 unspecified atom stereocenters. The van der Waals surface area contributed by atoms with E-state index in [-0.39, 0.29) is 13.0 Å². The van der Waals surface area contributed by atoms with Gasteiger partial charge < -0.3 is 9.84 Å². The van der Waals surface area contributed by atoms with Gasteiger partial charge in [-0.1, -0.05) is 35.4 Å². The molecule has 1 aliphatic rings. The lowest BCUT2D eigenvalue weighted by Gasteiger charge is -2.15. The van der Waals surface area contributed by atoms with Crippen molar-refractivity contribution in [3.05, 3.63) is 78.9 Å². The maximum Gasteiger partial charge on any atom is 0.330 e. The average molecular weight is 343 g/mol. The van der Waals surface area contributed by atoms with Gasteiger partial charge in [0.25, 0.3) is 5.56 Å². The summed E-state index contributed by atoms with van der Waals surface area (Å²) < 4.78 is 6.89. The first-order valence-electron chi connectivity index (χ1n) is 7.81. The predicted octanol–water partition coefficient (Wildman–Crippen LogP) is 1.09. The Balaban J connectivity index is 1.92. The first-order chi connectivity index (χ1) is 12.1. The number of H-pyrrole nitrogens is 1. The Hall–Kier alpha value is -2.87. The van der Waals surface area contributed by atoms with E-state index >= 15 is 0 Å². The van der Waals surface area contributed by atoms with E-state index in [9.17, 15) is 14.7 Å². The number of benzene rings is 1. The minimum Gasteiger partial charge on any atom is -0.394 e. The van der Waals surface area contributed by atoms with Crippen LogP contribution in [0.2, 0.25) is 0 Å². The molecule has 0 radical (unpaired) electrons. The average Bonchev–Trinajstić information content (AvgIpc) is 3.01. The maximum atomic E-state index is 12.2. The molecule has 1 saturated heterocycles. The van der Waals surface area contributed by atoms with Crippen molar-refractivity contribution in [3.63, 3.8) is 0 Å². The molecule has 0 bridgehead atoms. The Morgan fingerprint density at radius 3 is 2.80 bits per heavy atom. The second-order valence-corrected chi connectivity index (χ2v) is 5.80. The van der Waals surface area contributed by atoms with Gasteiger partial charge in [-0.3, -0.25) is 14.3 Å². The lowest BCUT2D eigenvalue weighted by molar-refractivity contribution is -0.0271. The van der Waals surface area contributed by atoms with E-state index in [1.807, 2.05) is 30.3 Å². The van der Waals surface area contributed by atoms with Crippen LogP contribution in [-0.4, -0.2) is 33.4 Å². The summed E-state index contributed by atoms with van der Waals surface area (Å²) in [6, 6.07) is 8.83. The van der Waals surface area contributed by atoms with Crippen molar-refractivity contribution in [2.75, 3.05) is 6.61 Å². The minimum absolute atomic E-state index is 0.242. The van der Waals surface area contributed by atoms with E-state index in [4.69, 9.17) is 10.3 Å². The van der Waals surface area contributed by atoms with Gasteiger partial charge in [0.05, 0.1) is 18.8 Å². The Kier molecular flexibility index (Phi) is 4.99. The Labute approximate surface area is 142 Å². The van der Waals surface area contributed by atoms with Gasteiger partial charge in [-0.15, -0.1) is 0 Å². The van der Waals surface area contributed by atoms with Crippen molar-refractivity contribution in [2.45, 2.75) is 31.2 Å². The Morgan fingerprint density at radius 2 is 2.12 bits per heavy atom. The molecule has 1 aliphatic heterocycles. The Morgan fingerprint density at radius 1 is 1.36 bits per heavy atom. The second-order valence-electron chi connectivity index (χ2n) is 5.80. The van der Waals surface area contributed by atoms with Crippen LogP contribution in [0.5, 0.6) is 0 Å². The molecule has 1 aromatic heterocycles. The van der Waals surface area contributed by atoms with Crippen molar-refractivity contribution in [3.8, 4) is 0 Å². The van der Waals surface area contributed by atoms with E-state index in [0.717, 1.165) is 5.56 Å². The highest BCUT2D eigenvalue weighted by Gasteiger charge is 2.35. The molecule has 0 saturated carbocycles. The highest BCUT2D eigenvalue weighted by Crippen LogP contribution is 2.29. The molecule has 130 valence electrons. The van der Waals surface area contributed by atoms with Crippen molar-refractivity contribution < 1.29 is 9.84 Å². The van der Waals surface area contributed by atoms with Gasteiger partial charge in [-0.25, -0.2) is 4.79 Å². The summed E-state index contributed by atoms with van der Waals surface area (Å²) in [4.78, 5) is 29.3. The number of aliphatic hydroxyl groups is 1. The molecular weight excluding hydrogens is 326 g/mol. The monoisotopic (exact) mass is 343 g/mol. The number of azide groups is 1. The third kappa shape index (κ3) is 3.63. The number of ether oxygens (including phenoxy) is 1. The van der Waals surface area contributed by atoms with E-state index in [1.54, 1.807) is 0 Å². The quantitative estimate of drug-likeness (QED) is 0.477. The van der Waals surface area contributed by atoms with Crippen LogP contribution in [0.3, 0.4) is 0 Å². The van der Waals surface area contributed by atoms with Gasteiger partial charge in [0, 0.05) is 29.5 Å². The number of aliphatic hydroxyl groups excluding tert-OH is 1. The van der Waals surface area contributed by atoms with Gasteiger partial charge in [-0.05, 0) is 11.1 Å². The summed E-state index contributed by atoms with van der Waals surface area (Å²) in [5, 5.41) is 12.9. The van der Waals surface area contributed by atoms with E-state index in [2.05, 4.69) is 15.0 Å². The first-order valence-corrected chi connectivity index (χ1v) is 7.81. The third-order valence-corrected chi connectivity index (χ3v) is 4.17. The zero-order chi connectivity index (χ0) is 17.8. The summed E-state index contributed by atoms with van der Waals surface area (Å²) in [5.74, 6) is 0. The van der Waals surface area contributed by atoms with Crippen molar-refractivity contribution in [1.82, 2.24) is 9.55 Å². The fourth-order valence-electron chi connectivity index (χ4n) is 2.92. The molecular formula is C16H17N5O4. The topological polar surface area (TPSA) is 133 Å². The van der Waals surface area contributed by atoms with Crippen LogP contribution in [-0.2, 0) is 11.2 Å². The SMILES string of the molecule is [N-]=[N+]=N[C@H]1C[C@H](n2cc(Cc3ccccc3)c(=O)[nH]c2=O)O[C@@H]1CO. The van der Waals surface area contributed by atoms with Crippen LogP contribution in [0.15, 0.2) is 51.2 Å². The lowest BCUT2D eigenvalue weighted by atomic mass is 10.1. The molecule has 9 heteroatoms. The fraction of sp³-hybridized carbons (Fsp3) is 0.375. The van der Waals surface area contributed by atoms with Crippen LogP contribution in [0.1, 0.15) is 23.8 Å². The first kappa shape index (κ1) is 17.0. The lowest BCUT2D eigenvalue weighted by Crippen LogP contribution is -2.34. The van der Waals surface area contributed by atoms with Gasteiger partial charge in [0.2, 0.25) is 0 Å². The molecule has 2 heterocycles. The van der Waals surface area contributed by atoms with Crippen LogP contribution >= 0.6 is 0 Å². The predicted molar refractivity (Wildman–Crippen MR) is 89.1 cm³/mol. The standard InChI is InChI=1S/C16H17N5O4/c17-20-19-12-7-14(25-13(12)9-22)21-8-11(15(23)18-16(21)24)6-10-4-2-1-3-5-10/h1-5,8,12-14,22H,6-7,9H2,(H,18,23,24)/t12-,13+,14+/m0/s1. The van der Waals surface area contributed by atoms with Crippen molar-refractivity contribution in [1.29, 1.82) is 0 Å². The molecule has 1 aromatic carbocycles. The molecule has 2 aromatic rings. The number of nitrogens with zero attached hydrogens (tertiary/aromatic N) is 4. The zero-order valence-electron chi connectivity index (χ0n) is 13.3. The molecule has 3 atom stereocenters. The zero-order valence-corrected chi connectivity index (χ0v) is 13.3. The molecule has 1 fully saturated rings. The smallest absolute Gasteiger partial charge is 0.330 e. The van der Waals surface area contributed by atoms with E-state index in [0.29, 0.717) is 12.0 Å². The van der Waals surface area contributed by atoms with Crippen LogP contribution in [0, 0.1) is 0 Å². The Bertz CT molecular complexity index is 901. The number of aromatic amines is 1. The number of rotatable bonds is 5. The van der Waals surface area contributed by atoms with Crippen LogP contribution in [0.4, 0.5) is 0 Å². The van der Waals surface area contributed by atoms with E-state index < -0.39 is 29.6 Å². The highest BCUT2D eigenvalue weighted by atomic mass is 16.5. The number of hydrogen-bond acceptors (Lipinski definition) is 5. The summed E-state index contributed by atoms with van der Waals surface area (Å²) in [6.07, 6.45) is 0.674. The van der Waals surface area contributed by atoms with Gasteiger partial charge in [0.15, 0.2) is 0 Å². The maximum absolute atomic E-state index is 12.2. The molecule has 3 rings (SSSR count). The normalized spacial score (nSPS) is 22.5. The van der Waals surface area contributed by atoms with Crippen LogP contribution in [0.25, 0.3) is 10.4 Å². The number of hydrogen-bond donors (Lipinski definition) is 2. The van der Waals surface area contributed by atoms with Gasteiger partial charge in [0.1, 0.15) is 6.23 Å². The van der Waals surface area contributed by atoms with Crippen LogP contribution < -0.4 is 11.2 Å². The fourth-order valence-corrected chi connectivity index (χ4v) is 2.92. The highest BCUT2D eigenvalue weighted by molar-refractivity contribution is 5.22. The summed E-state index contributed by atoms with van der Waals surface area (Å²) >= 11 is 0. The summed E-state index contributed by atoms with van der Waals surface area (Å²) in [6.45, 7) is -0.324. The number of aromatic nitrogens is 2. The van der Waals surface area contributed by atoms with E-state index in [1.165, 1.54) is 10.8 Å². The molecule has 0 aliphatic carbocycles. The van der Waals surface area contributed by atoms with Crippen molar-refractivity contribution in [2.24, 2.45) is 5.11 Å². The molecule has 9 nitrogen and oxygen atoms in total. The van der Waals surface area contributed by atoms with Gasteiger partial charge >= 0.3 is 5.69 Å². The summed E-state index contributed by atoms with van der Waals surface area (Å²) in [7, 11) is 0. The largest absolute Gasteiger partial charge is 0.394 e. The molecule has 25 heavy (non-hydrogen) atoms. The van der Waals surface area contributed by atoms with Crippen molar-refractivity contribution >= 4 is 0 Å². The van der Waals surface area contributed by atoms with Gasteiger partial charge in [-0.2, -0.15) is 0 Å².